The minimum Gasteiger partial charge on any atom is -0.497 e. The Labute approximate surface area is 83.8 Å². The average Bonchev–Trinajstić information content (AvgIpc) is 2.19. The molecule has 0 unspecified atom stereocenters. The number of rotatable bonds is 4. The molecule has 0 spiro atoms. The maximum absolute atomic E-state index is 5.06. The van der Waals surface area contributed by atoms with Crippen LogP contribution in [0.5, 0.6) is 5.75 Å². The van der Waals surface area contributed by atoms with Gasteiger partial charge in [-0.15, -0.1) is 11.8 Å². The predicted octanol–water partition coefficient (Wildman–Crippen LogP) is 3.18. The van der Waals surface area contributed by atoms with Crippen molar-refractivity contribution < 1.29 is 4.74 Å². The molecule has 1 aromatic rings. The number of allylic oxidation sites excluding steroid dienone is 1. The molecule has 2 heteroatoms. The lowest BCUT2D eigenvalue weighted by Crippen LogP contribution is -1.81. The summed E-state index contributed by atoms with van der Waals surface area (Å²) in [5.74, 6) is 1.87. The van der Waals surface area contributed by atoms with Gasteiger partial charge in [0.25, 0.3) is 0 Å². The molecular weight excluding hydrogens is 180 g/mol. The molecule has 0 aromatic heterocycles. The van der Waals surface area contributed by atoms with Gasteiger partial charge in [-0.05, 0) is 31.2 Å². The molecule has 1 rings (SSSR count). The Balaban J connectivity index is 2.49. The van der Waals surface area contributed by atoms with Crippen molar-refractivity contribution in [1.82, 2.24) is 0 Å². The Kier molecular flexibility index (Phi) is 4.47. The lowest BCUT2D eigenvalue weighted by Gasteiger charge is -2.00. The van der Waals surface area contributed by atoms with Gasteiger partial charge in [0.15, 0.2) is 0 Å². The highest BCUT2D eigenvalue weighted by Gasteiger charge is 1.92. The van der Waals surface area contributed by atoms with Gasteiger partial charge in [0, 0.05) is 10.6 Å². The van der Waals surface area contributed by atoms with E-state index in [1.165, 1.54) is 4.90 Å². The summed E-state index contributed by atoms with van der Waals surface area (Å²) in [6, 6.07) is 8.05. The fourth-order valence-electron chi connectivity index (χ4n) is 0.884. The fraction of sp³-hybridized carbons (Fsp3) is 0.182. The van der Waals surface area contributed by atoms with E-state index in [4.69, 9.17) is 4.74 Å². The topological polar surface area (TPSA) is 9.23 Å². The quantitative estimate of drug-likeness (QED) is 0.679. The summed E-state index contributed by atoms with van der Waals surface area (Å²) in [4.78, 5) is 1.25. The first-order chi connectivity index (χ1) is 6.36. The van der Waals surface area contributed by atoms with Crippen LogP contribution in [0.2, 0.25) is 0 Å². The maximum atomic E-state index is 5.06. The minimum atomic E-state index is 0.900. The number of methoxy groups -OCH3 is 1. The molecule has 0 aliphatic rings. The van der Waals surface area contributed by atoms with Gasteiger partial charge in [-0.3, -0.25) is 0 Å². The number of ether oxygens (including phenoxy) is 1. The Morgan fingerprint density at radius 1 is 1.38 bits per heavy atom. The van der Waals surface area contributed by atoms with Crippen LogP contribution >= 0.6 is 11.8 Å². The fourth-order valence-corrected chi connectivity index (χ4v) is 1.64. The molecule has 0 aliphatic heterocycles. The first-order valence-corrected chi connectivity index (χ1v) is 5.06. The molecule has 0 bridgehead atoms. The molecule has 1 nitrogen and oxygen atoms in total. The lowest BCUT2D eigenvalue weighted by molar-refractivity contribution is 0.414. The Morgan fingerprint density at radius 2 is 2.08 bits per heavy atom. The largest absolute Gasteiger partial charge is 0.497 e. The zero-order valence-electron chi connectivity index (χ0n) is 7.69. The predicted molar refractivity (Wildman–Crippen MR) is 58.2 cm³/mol. The maximum Gasteiger partial charge on any atom is 0.118 e. The molecule has 69 valence electrons. The van der Waals surface area contributed by atoms with E-state index in [1.807, 2.05) is 24.3 Å². The van der Waals surface area contributed by atoms with Gasteiger partial charge in [0.05, 0.1) is 7.11 Å². The SMILES string of the molecule is [CH2]/C=C/CSc1ccc(OC)cc1. The summed E-state index contributed by atoms with van der Waals surface area (Å²) < 4.78 is 5.06. The minimum absolute atomic E-state index is 0.900. The Hall–Kier alpha value is -0.890. The number of benzene rings is 1. The summed E-state index contributed by atoms with van der Waals surface area (Å²) in [6.07, 6.45) is 3.85. The van der Waals surface area contributed by atoms with Crippen molar-refractivity contribution in [3.05, 3.63) is 43.3 Å². The first-order valence-electron chi connectivity index (χ1n) is 4.08. The van der Waals surface area contributed by atoms with E-state index in [0.717, 1.165) is 11.5 Å². The van der Waals surface area contributed by atoms with Crippen LogP contribution in [0.25, 0.3) is 0 Å². The zero-order valence-corrected chi connectivity index (χ0v) is 8.51. The van der Waals surface area contributed by atoms with E-state index in [2.05, 4.69) is 19.1 Å². The molecular formula is C11H13OS. The molecule has 0 saturated heterocycles. The smallest absolute Gasteiger partial charge is 0.118 e. The molecule has 0 aliphatic carbocycles. The van der Waals surface area contributed by atoms with Crippen LogP contribution in [0, 0.1) is 6.92 Å². The van der Waals surface area contributed by atoms with Crippen LogP contribution in [0.4, 0.5) is 0 Å². The summed E-state index contributed by atoms with van der Waals surface area (Å²) in [5.41, 5.74) is 0. The molecule has 0 fully saturated rings. The molecule has 0 atom stereocenters. The third kappa shape index (κ3) is 3.55. The van der Waals surface area contributed by atoms with Gasteiger partial charge in [0.2, 0.25) is 0 Å². The highest BCUT2D eigenvalue weighted by atomic mass is 32.2. The molecule has 0 heterocycles. The highest BCUT2D eigenvalue weighted by Crippen LogP contribution is 2.20. The van der Waals surface area contributed by atoms with E-state index in [0.29, 0.717) is 0 Å². The number of thioether (sulfide) groups is 1. The van der Waals surface area contributed by atoms with Crippen molar-refractivity contribution in [2.75, 3.05) is 12.9 Å². The second-order valence-electron chi connectivity index (χ2n) is 2.46. The second kappa shape index (κ2) is 5.70. The van der Waals surface area contributed by atoms with E-state index in [9.17, 15) is 0 Å². The Morgan fingerprint density at radius 3 is 2.62 bits per heavy atom. The Bertz CT molecular complexity index is 264. The molecule has 1 radical (unpaired) electrons. The van der Waals surface area contributed by atoms with Crippen LogP contribution in [-0.2, 0) is 0 Å². The van der Waals surface area contributed by atoms with Crippen LogP contribution < -0.4 is 4.74 Å². The summed E-state index contributed by atoms with van der Waals surface area (Å²) >= 11 is 1.78. The van der Waals surface area contributed by atoms with E-state index >= 15 is 0 Å². The van der Waals surface area contributed by atoms with Crippen LogP contribution in [0.15, 0.2) is 41.3 Å². The van der Waals surface area contributed by atoms with Crippen molar-refractivity contribution in [3.63, 3.8) is 0 Å². The van der Waals surface area contributed by atoms with Crippen LogP contribution in [0.1, 0.15) is 0 Å². The van der Waals surface area contributed by atoms with Crippen LogP contribution in [-0.4, -0.2) is 12.9 Å². The van der Waals surface area contributed by atoms with Gasteiger partial charge in [-0.1, -0.05) is 12.2 Å². The zero-order chi connectivity index (χ0) is 9.52. The van der Waals surface area contributed by atoms with Crippen molar-refractivity contribution in [3.8, 4) is 5.75 Å². The third-order valence-electron chi connectivity index (χ3n) is 1.57. The van der Waals surface area contributed by atoms with E-state index in [-0.39, 0.29) is 0 Å². The average molecular weight is 193 g/mol. The van der Waals surface area contributed by atoms with Crippen molar-refractivity contribution in [2.24, 2.45) is 0 Å². The van der Waals surface area contributed by atoms with Gasteiger partial charge >= 0.3 is 0 Å². The lowest BCUT2D eigenvalue weighted by atomic mass is 10.3. The standard InChI is InChI=1S/C11H13OS/c1-3-4-9-13-11-7-5-10(12-2)6-8-11/h3-8H,1,9H2,2H3/b4-3+. The van der Waals surface area contributed by atoms with Crippen molar-refractivity contribution >= 4 is 11.8 Å². The summed E-state index contributed by atoms with van der Waals surface area (Å²) in [5, 5.41) is 0. The second-order valence-corrected chi connectivity index (χ2v) is 3.55. The van der Waals surface area contributed by atoms with Gasteiger partial charge in [0.1, 0.15) is 5.75 Å². The molecule has 13 heavy (non-hydrogen) atoms. The van der Waals surface area contributed by atoms with Crippen molar-refractivity contribution in [2.45, 2.75) is 4.90 Å². The first kappa shape index (κ1) is 10.2. The molecule has 1 aromatic carbocycles. The normalized spacial score (nSPS) is 10.6. The van der Waals surface area contributed by atoms with E-state index < -0.39 is 0 Å². The van der Waals surface area contributed by atoms with Gasteiger partial charge < -0.3 is 4.74 Å². The number of hydrogen-bond acceptors (Lipinski definition) is 2. The third-order valence-corrected chi connectivity index (χ3v) is 2.54. The highest BCUT2D eigenvalue weighted by molar-refractivity contribution is 7.99. The van der Waals surface area contributed by atoms with E-state index in [1.54, 1.807) is 18.9 Å². The van der Waals surface area contributed by atoms with Gasteiger partial charge in [-0.25, -0.2) is 0 Å². The molecule has 0 saturated carbocycles. The van der Waals surface area contributed by atoms with Gasteiger partial charge in [-0.2, -0.15) is 0 Å². The summed E-state index contributed by atoms with van der Waals surface area (Å²) in [7, 11) is 1.67. The van der Waals surface area contributed by atoms with Crippen molar-refractivity contribution in [1.29, 1.82) is 0 Å². The summed E-state index contributed by atoms with van der Waals surface area (Å²) in [6.45, 7) is 3.63. The molecule has 0 N–H and O–H groups in total. The monoisotopic (exact) mass is 193 g/mol. The van der Waals surface area contributed by atoms with Crippen LogP contribution in [0.3, 0.4) is 0 Å². The number of hydrogen-bond donors (Lipinski definition) is 0. The molecule has 0 amide bonds.